The van der Waals surface area contributed by atoms with Gasteiger partial charge in [0, 0.05) is 17.3 Å². The molecule has 0 aliphatic carbocycles. The molecular formula is C8H8FNO. The molecule has 0 N–H and O–H groups in total. The van der Waals surface area contributed by atoms with Crippen molar-refractivity contribution in [1.29, 1.82) is 0 Å². The van der Waals surface area contributed by atoms with Crippen LogP contribution in [0, 0.1) is 12.9 Å². The number of aromatic nitrogens is 1. The van der Waals surface area contributed by atoms with Crippen LogP contribution in [-0.2, 0) is 0 Å². The van der Waals surface area contributed by atoms with Gasteiger partial charge in [0.05, 0.1) is 0 Å². The molecule has 1 heterocycles. The van der Waals surface area contributed by atoms with Crippen LogP contribution in [0.2, 0.25) is 0 Å². The molecule has 0 unspecified atom stereocenters. The summed E-state index contributed by atoms with van der Waals surface area (Å²) < 4.78 is 12.7. The zero-order valence-electron chi connectivity index (χ0n) is 6.39. The van der Waals surface area contributed by atoms with Gasteiger partial charge in [-0.2, -0.15) is 4.39 Å². The first-order chi connectivity index (χ1) is 5.13. The fourth-order valence-electron chi connectivity index (χ4n) is 0.892. The summed E-state index contributed by atoms with van der Waals surface area (Å²) in [5, 5.41) is 0. The monoisotopic (exact) mass is 153 g/mol. The van der Waals surface area contributed by atoms with Crippen LogP contribution in [0.25, 0.3) is 0 Å². The minimum absolute atomic E-state index is 0.135. The molecule has 1 rings (SSSR count). The highest BCUT2D eigenvalue weighted by Crippen LogP contribution is 2.09. The second kappa shape index (κ2) is 2.78. The SMILES string of the molecule is CC(=O)c1ccnc(F)c1C. The third kappa shape index (κ3) is 1.42. The fraction of sp³-hybridized carbons (Fsp3) is 0.250. The van der Waals surface area contributed by atoms with E-state index in [9.17, 15) is 9.18 Å². The number of hydrogen-bond donors (Lipinski definition) is 0. The highest BCUT2D eigenvalue weighted by atomic mass is 19.1. The first-order valence-corrected chi connectivity index (χ1v) is 3.25. The molecule has 0 aliphatic rings. The van der Waals surface area contributed by atoms with E-state index in [1.807, 2.05) is 0 Å². The topological polar surface area (TPSA) is 30.0 Å². The fourth-order valence-corrected chi connectivity index (χ4v) is 0.892. The van der Waals surface area contributed by atoms with Crippen molar-refractivity contribution in [2.75, 3.05) is 0 Å². The van der Waals surface area contributed by atoms with E-state index in [0.29, 0.717) is 11.1 Å². The molecule has 0 atom stereocenters. The van der Waals surface area contributed by atoms with Crippen LogP contribution in [0.1, 0.15) is 22.8 Å². The van der Waals surface area contributed by atoms with E-state index in [1.165, 1.54) is 19.2 Å². The van der Waals surface area contributed by atoms with Crippen molar-refractivity contribution in [3.8, 4) is 0 Å². The molecule has 3 heteroatoms. The quantitative estimate of drug-likeness (QED) is 0.454. The molecule has 1 aromatic heterocycles. The van der Waals surface area contributed by atoms with Gasteiger partial charge in [0.2, 0.25) is 5.95 Å². The minimum Gasteiger partial charge on any atom is -0.294 e. The molecule has 0 aromatic carbocycles. The molecule has 0 aliphatic heterocycles. The summed E-state index contributed by atoms with van der Waals surface area (Å²) in [6, 6.07) is 1.51. The van der Waals surface area contributed by atoms with E-state index in [0.717, 1.165) is 0 Å². The predicted molar refractivity (Wildman–Crippen MR) is 38.9 cm³/mol. The summed E-state index contributed by atoms with van der Waals surface area (Å²) in [5.74, 6) is -0.707. The average Bonchev–Trinajstić information content (AvgIpc) is 1.94. The molecule has 0 spiro atoms. The van der Waals surface area contributed by atoms with Crippen molar-refractivity contribution in [3.05, 3.63) is 29.3 Å². The van der Waals surface area contributed by atoms with Gasteiger partial charge in [-0.25, -0.2) is 4.98 Å². The molecule has 11 heavy (non-hydrogen) atoms. The Balaban J connectivity index is 3.27. The van der Waals surface area contributed by atoms with Crippen molar-refractivity contribution in [1.82, 2.24) is 4.98 Å². The van der Waals surface area contributed by atoms with Gasteiger partial charge < -0.3 is 0 Å². The highest BCUT2D eigenvalue weighted by molar-refractivity contribution is 5.95. The first-order valence-electron chi connectivity index (χ1n) is 3.25. The number of Topliss-reactive ketones (excluding diaryl/α,β-unsaturated/α-hetero) is 1. The zero-order chi connectivity index (χ0) is 8.43. The number of carbonyl (C=O) groups excluding carboxylic acids is 1. The smallest absolute Gasteiger partial charge is 0.216 e. The van der Waals surface area contributed by atoms with Gasteiger partial charge in [0.15, 0.2) is 5.78 Å². The molecule has 0 fully saturated rings. The van der Waals surface area contributed by atoms with E-state index in [4.69, 9.17) is 0 Å². The van der Waals surface area contributed by atoms with E-state index in [1.54, 1.807) is 6.92 Å². The number of carbonyl (C=O) groups is 1. The Morgan fingerprint density at radius 3 is 2.73 bits per heavy atom. The molecule has 0 bridgehead atoms. The number of ketones is 1. The van der Waals surface area contributed by atoms with Crippen LogP contribution in [0.5, 0.6) is 0 Å². The second-order valence-corrected chi connectivity index (χ2v) is 2.33. The second-order valence-electron chi connectivity index (χ2n) is 2.33. The Kier molecular flexibility index (Phi) is 1.98. The molecule has 0 radical (unpaired) electrons. The molecule has 1 aromatic rings. The van der Waals surface area contributed by atoms with Gasteiger partial charge in [0.1, 0.15) is 0 Å². The van der Waals surface area contributed by atoms with Gasteiger partial charge in [-0.05, 0) is 19.9 Å². The minimum atomic E-state index is -0.572. The third-order valence-electron chi connectivity index (χ3n) is 1.52. The van der Waals surface area contributed by atoms with E-state index >= 15 is 0 Å². The molecule has 0 saturated carbocycles. The Hall–Kier alpha value is -1.25. The van der Waals surface area contributed by atoms with Crippen molar-refractivity contribution in [2.45, 2.75) is 13.8 Å². The van der Waals surface area contributed by atoms with Crippen LogP contribution in [0.3, 0.4) is 0 Å². The molecule has 0 saturated heterocycles. The Morgan fingerprint density at radius 2 is 2.27 bits per heavy atom. The highest BCUT2D eigenvalue weighted by Gasteiger charge is 2.07. The van der Waals surface area contributed by atoms with E-state index < -0.39 is 5.95 Å². The summed E-state index contributed by atoms with van der Waals surface area (Å²) in [4.78, 5) is 14.2. The molecule has 58 valence electrons. The number of pyridine rings is 1. The summed E-state index contributed by atoms with van der Waals surface area (Å²) in [6.45, 7) is 2.95. The van der Waals surface area contributed by atoms with Gasteiger partial charge >= 0.3 is 0 Å². The first kappa shape index (κ1) is 7.85. The Morgan fingerprint density at radius 1 is 1.64 bits per heavy atom. The Bertz CT molecular complexity index is 296. The predicted octanol–water partition coefficient (Wildman–Crippen LogP) is 1.73. The molecular weight excluding hydrogens is 145 g/mol. The number of halogens is 1. The van der Waals surface area contributed by atoms with E-state index in [2.05, 4.69) is 4.98 Å². The van der Waals surface area contributed by atoms with Crippen LogP contribution < -0.4 is 0 Å². The van der Waals surface area contributed by atoms with Gasteiger partial charge in [0.25, 0.3) is 0 Å². The maximum Gasteiger partial charge on any atom is 0.216 e. The summed E-state index contributed by atoms with van der Waals surface area (Å²) in [6.07, 6.45) is 1.29. The van der Waals surface area contributed by atoms with Crippen molar-refractivity contribution in [3.63, 3.8) is 0 Å². The van der Waals surface area contributed by atoms with Crippen molar-refractivity contribution in [2.24, 2.45) is 0 Å². The maximum absolute atomic E-state index is 12.7. The largest absolute Gasteiger partial charge is 0.294 e. The van der Waals surface area contributed by atoms with Gasteiger partial charge in [-0.15, -0.1) is 0 Å². The van der Waals surface area contributed by atoms with Crippen LogP contribution >= 0.6 is 0 Å². The van der Waals surface area contributed by atoms with Crippen LogP contribution in [0.15, 0.2) is 12.3 Å². The summed E-state index contributed by atoms with van der Waals surface area (Å²) in [5.41, 5.74) is 0.720. The number of rotatable bonds is 1. The lowest BCUT2D eigenvalue weighted by Gasteiger charge is -1.99. The lowest BCUT2D eigenvalue weighted by Crippen LogP contribution is -1.99. The zero-order valence-corrected chi connectivity index (χ0v) is 6.39. The Labute approximate surface area is 64.1 Å². The molecule has 2 nitrogen and oxygen atoms in total. The molecule has 0 amide bonds. The van der Waals surface area contributed by atoms with E-state index in [-0.39, 0.29) is 5.78 Å². The lowest BCUT2D eigenvalue weighted by molar-refractivity contribution is 0.101. The van der Waals surface area contributed by atoms with Gasteiger partial charge in [-0.1, -0.05) is 0 Å². The van der Waals surface area contributed by atoms with Crippen LogP contribution in [-0.4, -0.2) is 10.8 Å². The summed E-state index contributed by atoms with van der Waals surface area (Å²) >= 11 is 0. The average molecular weight is 153 g/mol. The third-order valence-corrected chi connectivity index (χ3v) is 1.52. The number of hydrogen-bond acceptors (Lipinski definition) is 2. The lowest BCUT2D eigenvalue weighted by atomic mass is 10.1. The number of nitrogens with zero attached hydrogens (tertiary/aromatic N) is 1. The van der Waals surface area contributed by atoms with Crippen molar-refractivity contribution >= 4 is 5.78 Å². The summed E-state index contributed by atoms with van der Waals surface area (Å²) in [7, 11) is 0. The maximum atomic E-state index is 12.7. The standard InChI is InChI=1S/C8H8FNO/c1-5-7(6(2)11)3-4-10-8(5)9/h3-4H,1-2H3. The van der Waals surface area contributed by atoms with Crippen LogP contribution in [0.4, 0.5) is 4.39 Å². The van der Waals surface area contributed by atoms with Crippen molar-refractivity contribution < 1.29 is 9.18 Å². The normalized spacial score (nSPS) is 9.73. The van der Waals surface area contributed by atoms with Gasteiger partial charge in [-0.3, -0.25) is 4.79 Å².